The first-order valence-corrected chi connectivity index (χ1v) is 10.6. The van der Waals surface area contributed by atoms with Crippen molar-refractivity contribution in [2.75, 3.05) is 26.7 Å². The van der Waals surface area contributed by atoms with Gasteiger partial charge in [0, 0.05) is 35.8 Å². The van der Waals surface area contributed by atoms with E-state index in [1.807, 2.05) is 12.1 Å². The second-order valence-corrected chi connectivity index (χ2v) is 8.39. The molecule has 0 spiro atoms. The van der Waals surface area contributed by atoms with E-state index in [2.05, 4.69) is 59.8 Å². The maximum atomic E-state index is 11.1. The van der Waals surface area contributed by atoms with Crippen LogP contribution in [0, 0.1) is 12.8 Å². The normalized spacial score (nSPS) is 17.0. The highest BCUT2D eigenvalue weighted by atomic mass is 16.5. The van der Waals surface area contributed by atoms with Gasteiger partial charge in [0.2, 0.25) is 0 Å². The van der Waals surface area contributed by atoms with Crippen LogP contribution in [0.2, 0.25) is 0 Å². The van der Waals surface area contributed by atoms with Crippen molar-refractivity contribution in [2.24, 2.45) is 13.0 Å². The molecule has 1 aliphatic rings. The average molecular weight is 393 g/mol. The Bertz CT molecular complexity index is 956. The third-order valence-corrected chi connectivity index (χ3v) is 6.59. The van der Waals surface area contributed by atoms with E-state index >= 15 is 0 Å². The van der Waals surface area contributed by atoms with Gasteiger partial charge in [0.05, 0.1) is 13.2 Å². The number of fused-ring (bicyclic) bond motifs is 1. The topological polar surface area (TPSA) is 37.6 Å². The standard InChI is InChI=1S/C25H32N2O2/c1-18-25(22-16-21(29-3)9-10-23(22)26(18)2)24(28)17-27-13-11-20(12-14-27)15-19-7-5-4-6-8-19/h4-10,16,20,24,28H,11-15,17H2,1-3H3/t24-/m1/s1. The number of hydrogen-bond acceptors (Lipinski definition) is 3. The molecule has 0 radical (unpaired) electrons. The van der Waals surface area contributed by atoms with Crippen molar-refractivity contribution in [3.8, 4) is 5.75 Å². The zero-order chi connectivity index (χ0) is 20.4. The largest absolute Gasteiger partial charge is 0.497 e. The third kappa shape index (κ3) is 4.19. The number of piperidine rings is 1. The number of benzene rings is 2. The van der Waals surface area contributed by atoms with Crippen LogP contribution in [-0.4, -0.2) is 41.3 Å². The lowest BCUT2D eigenvalue weighted by molar-refractivity contribution is 0.0896. The quantitative estimate of drug-likeness (QED) is 0.672. The van der Waals surface area contributed by atoms with Crippen LogP contribution in [0.1, 0.15) is 35.8 Å². The molecular weight excluding hydrogens is 360 g/mol. The molecule has 29 heavy (non-hydrogen) atoms. The summed E-state index contributed by atoms with van der Waals surface area (Å²) < 4.78 is 7.58. The van der Waals surface area contributed by atoms with E-state index in [-0.39, 0.29) is 0 Å². The monoisotopic (exact) mass is 392 g/mol. The summed E-state index contributed by atoms with van der Waals surface area (Å²) >= 11 is 0. The molecule has 1 fully saturated rings. The third-order valence-electron chi connectivity index (χ3n) is 6.59. The number of rotatable bonds is 6. The summed E-state index contributed by atoms with van der Waals surface area (Å²) in [4.78, 5) is 2.42. The number of nitrogens with zero attached hydrogens (tertiary/aromatic N) is 2. The van der Waals surface area contributed by atoms with Gasteiger partial charge in [-0.2, -0.15) is 0 Å². The molecule has 0 unspecified atom stereocenters. The number of hydrogen-bond donors (Lipinski definition) is 1. The van der Waals surface area contributed by atoms with Crippen molar-refractivity contribution in [3.05, 3.63) is 65.4 Å². The SMILES string of the molecule is COc1ccc2c(c1)c([C@H](O)CN1CCC(Cc3ccccc3)CC1)c(C)n2C. The smallest absolute Gasteiger partial charge is 0.119 e. The van der Waals surface area contributed by atoms with E-state index in [0.29, 0.717) is 6.54 Å². The summed E-state index contributed by atoms with van der Waals surface area (Å²) in [5.41, 5.74) is 4.73. The second-order valence-electron chi connectivity index (χ2n) is 8.39. The summed E-state index contributed by atoms with van der Waals surface area (Å²) in [6, 6.07) is 16.9. The van der Waals surface area contributed by atoms with Crippen LogP contribution in [0.4, 0.5) is 0 Å². The van der Waals surface area contributed by atoms with Crippen LogP contribution in [0.25, 0.3) is 10.9 Å². The van der Waals surface area contributed by atoms with Crippen molar-refractivity contribution >= 4 is 10.9 Å². The summed E-state index contributed by atoms with van der Waals surface area (Å²) in [5, 5.41) is 12.2. The predicted molar refractivity (Wildman–Crippen MR) is 118 cm³/mol. The first-order valence-electron chi connectivity index (χ1n) is 10.6. The Balaban J connectivity index is 1.42. The highest BCUT2D eigenvalue weighted by Crippen LogP contribution is 2.33. The van der Waals surface area contributed by atoms with Gasteiger partial charge < -0.3 is 19.3 Å². The molecular formula is C25H32N2O2. The van der Waals surface area contributed by atoms with E-state index < -0.39 is 6.10 Å². The Hall–Kier alpha value is -2.30. The van der Waals surface area contributed by atoms with Crippen LogP contribution >= 0.6 is 0 Å². The molecule has 1 aliphatic heterocycles. The van der Waals surface area contributed by atoms with Gasteiger partial charge in [0.1, 0.15) is 5.75 Å². The predicted octanol–water partition coefficient (Wildman–Crippen LogP) is 4.48. The molecule has 2 aromatic carbocycles. The molecule has 2 heterocycles. The second kappa shape index (κ2) is 8.60. The van der Waals surface area contributed by atoms with Crippen LogP contribution in [0.15, 0.2) is 48.5 Å². The summed E-state index contributed by atoms with van der Waals surface area (Å²) in [7, 11) is 3.75. The molecule has 1 saturated heterocycles. The molecule has 0 amide bonds. The van der Waals surface area contributed by atoms with Crippen LogP contribution < -0.4 is 4.74 Å². The fourth-order valence-electron chi connectivity index (χ4n) is 4.78. The van der Waals surface area contributed by atoms with Crippen molar-refractivity contribution in [3.63, 3.8) is 0 Å². The van der Waals surface area contributed by atoms with Crippen LogP contribution in [-0.2, 0) is 13.5 Å². The molecule has 4 rings (SSSR count). The van der Waals surface area contributed by atoms with Gasteiger partial charge in [0.25, 0.3) is 0 Å². The van der Waals surface area contributed by atoms with Gasteiger partial charge >= 0.3 is 0 Å². The molecule has 4 heteroatoms. The number of ether oxygens (including phenoxy) is 1. The van der Waals surface area contributed by atoms with Crippen LogP contribution in [0.3, 0.4) is 0 Å². The first kappa shape index (κ1) is 20.0. The average Bonchev–Trinajstić information content (AvgIpc) is 3.00. The molecule has 0 bridgehead atoms. The lowest BCUT2D eigenvalue weighted by Gasteiger charge is -2.33. The zero-order valence-electron chi connectivity index (χ0n) is 17.8. The Morgan fingerprint density at radius 1 is 1.10 bits per heavy atom. The lowest BCUT2D eigenvalue weighted by atomic mass is 9.90. The van der Waals surface area contributed by atoms with Gasteiger partial charge in [-0.1, -0.05) is 30.3 Å². The summed E-state index contributed by atoms with van der Waals surface area (Å²) in [6.07, 6.45) is 3.07. The summed E-state index contributed by atoms with van der Waals surface area (Å²) in [5.74, 6) is 1.58. The summed E-state index contributed by atoms with van der Waals surface area (Å²) in [6.45, 7) is 4.90. The number of β-amino-alcohol motifs (C(OH)–C–C–N with tert-alkyl or cyclic N) is 1. The zero-order valence-corrected chi connectivity index (χ0v) is 17.8. The van der Waals surface area contributed by atoms with Gasteiger partial charge in [-0.15, -0.1) is 0 Å². The number of aliphatic hydroxyl groups is 1. The van der Waals surface area contributed by atoms with E-state index in [1.165, 1.54) is 24.8 Å². The first-order chi connectivity index (χ1) is 14.1. The van der Waals surface area contributed by atoms with E-state index in [1.54, 1.807) is 7.11 Å². The van der Waals surface area contributed by atoms with Crippen molar-refractivity contribution in [1.29, 1.82) is 0 Å². The minimum Gasteiger partial charge on any atom is -0.497 e. The fraction of sp³-hybridized carbons (Fsp3) is 0.440. The number of methoxy groups -OCH3 is 1. The van der Waals surface area contributed by atoms with Crippen molar-refractivity contribution < 1.29 is 9.84 Å². The molecule has 154 valence electrons. The van der Waals surface area contributed by atoms with E-state index in [9.17, 15) is 5.11 Å². The van der Waals surface area contributed by atoms with E-state index in [0.717, 1.165) is 46.9 Å². The van der Waals surface area contributed by atoms with E-state index in [4.69, 9.17) is 4.74 Å². The van der Waals surface area contributed by atoms with Gasteiger partial charge in [-0.3, -0.25) is 0 Å². The Morgan fingerprint density at radius 3 is 2.52 bits per heavy atom. The minimum absolute atomic E-state index is 0.489. The molecule has 0 aliphatic carbocycles. The van der Waals surface area contributed by atoms with Gasteiger partial charge in [-0.25, -0.2) is 0 Å². The fourth-order valence-corrected chi connectivity index (χ4v) is 4.78. The number of aryl methyl sites for hydroxylation is 1. The highest BCUT2D eigenvalue weighted by Gasteiger charge is 2.25. The van der Waals surface area contributed by atoms with Crippen LogP contribution in [0.5, 0.6) is 5.75 Å². The Kier molecular flexibility index (Phi) is 5.93. The maximum absolute atomic E-state index is 11.1. The Labute approximate surface area is 173 Å². The van der Waals surface area contributed by atoms with Crippen molar-refractivity contribution in [1.82, 2.24) is 9.47 Å². The molecule has 1 aromatic heterocycles. The minimum atomic E-state index is -0.489. The lowest BCUT2D eigenvalue weighted by Crippen LogP contribution is -2.37. The number of likely N-dealkylation sites (tertiary alicyclic amines) is 1. The Morgan fingerprint density at radius 2 is 1.83 bits per heavy atom. The molecule has 3 aromatic rings. The molecule has 1 N–H and O–H groups in total. The highest BCUT2D eigenvalue weighted by molar-refractivity contribution is 5.87. The maximum Gasteiger partial charge on any atom is 0.119 e. The molecule has 0 saturated carbocycles. The molecule has 4 nitrogen and oxygen atoms in total. The number of aromatic nitrogens is 1. The van der Waals surface area contributed by atoms with Crippen molar-refractivity contribution in [2.45, 2.75) is 32.3 Å². The van der Waals surface area contributed by atoms with Gasteiger partial charge in [-0.05, 0) is 69.0 Å². The van der Waals surface area contributed by atoms with Gasteiger partial charge in [0.15, 0.2) is 0 Å². The number of aliphatic hydroxyl groups excluding tert-OH is 1. The molecule has 1 atom stereocenters.